The van der Waals surface area contributed by atoms with Crippen molar-refractivity contribution in [2.75, 3.05) is 7.05 Å². The molecular weight excluding hydrogens is 434 g/mol. The molecular formula is C24H30ClNO4S. The molecule has 0 N–H and O–H groups in total. The van der Waals surface area contributed by atoms with Gasteiger partial charge in [-0.25, -0.2) is 17.5 Å². The topological polar surface area (TPSA) is 63.7 Å². The number of nitrogens with zero attached hydrogens (tertiary/aromatic N) is 1. The van der Waals surface area contributed by atoms with Gasteiger partial charge in [-0.2, -0.15) is 0 Å². The molecule has 168 valence electrons. The van der Waals surface area contributed by atoms with Gasteiger partial charge < -0.3 is 4.74 Å². The third kappa shape index (κ3) is 6.84. The Morgan fingerprint density at radius 1 is 1.13 bits per heavy atom. The van der Waals surface area contributed by atoms with Crippen LogP contribution in [0.5, 0.6) is 0 Å². The Labute approximate surface area is 190 Å². The predicted molar refractivity (Wildman–Crippen MR) is 126 cm³/mol. The molecule has 0 aliphatic carbocycles. The van der Waals surface area contributed by atoms with Gasteiger partial charge in [0.2, 0.25) is 0 Å². The molecule has 1 unspecified atom stereocenters. The lowest BCUT2D eigenvalue weighted by atomic mass is 10.1. The molecule has 0 aliphatic heterocycles. The van der Waals surface area contributed by atoms with E-state index < -0.39 is 22.2 Å². The molecule has 1 amide bonds. The Morgan fingerprint density at radius 2 is 1.84 bits per heavy atom. The van der Waals surface area contributed by atoms with Crippen LogP contribution < -0.4 is 0 Å². The Balaban J connectivity index is 2.16. The van der Waals surface area contributed by atoms with Gasteiger partial charge >= 0.3 is 6.09 Å². The van der Waals surface area contributed by atoms with Crippen molar-refractivity contribution in [2.45, 2.75) is 56.4 Å². The summed E-state index contributed by atoms with van der Waals surface area (Å²) in [6, 6.07) is 13.4. The first-order valence-electron chi connectivity index (χ1n) is 10.5. The van der Waals surface area contributed by atoms with Crippen LogP contribution in [-0.4, -0.2) is 32.0 Å². The zero-order chi connectivity index (χ0) is 22.9. The van der Waals surface area contributed by atoms with Gasteiger partial charge in [-0.05, 0) is 36.6 Å². The van der Waals surface area contributed by atoms with Crippen LogP contribution in [0.2, 0.25) is 5.02 Å². The van der Waals surface area contributed by atoms with Crippen molar-refractivity contribution >= 4 is 27.7 Å². The standard InChI is InChI=1S/C24H30ClNO4S/c1-4-6-7-8-9-15-21(5-2)30-24(27)26(3)31(28,29)23-17-11-10-16-22(23)19-13-12-14-20(25)18-19/h5,10-14,16-18,21H,2,4,6-9,15H2,1,3H3. The van der Waals surface area contributed by atoms with Crippen LogP contribution in [0.15, 0.2) is 66.1 Å². The molecule has 31 heavy (non-hydrogen) atoms. The molecule has 0 spiro atoms. The molecule has 0 bridgehead atoms. The zero-order valence-corrected chi connectivity index (χ0v) is 19.7. The molecule has 0 saturated carbocycles. The van der Waals surface area contributed by atoms with E-state index >= 15 is 0 Å². The van der Waals surface area contributed by atoms with Crippen molar-refractivity contribution in [3.63, 3.8) is 0 Å². The van der Waals surface area contributed by atoms with Crippen LogP contribution in [0.3, 0.4) is 0 Å². The Kier molecular flexibility index (Phi) is 9.59. The monoisotopic (exact) mass is 463 g/mol. The molecule has 0 fully saturated rings. The molecule has 2 rings (SSSR count). The maximum atomic E-state index is 13.2. The maximum absolute atomic E-state index is 13.2. The summed E-state index contributed by atoms with van der Waals surface area (Å²) in [5, 5.41) is 0.491. The van der Waals surface area contributed by atoms with E-state index in [0.29, 0.717) is 26.9 Å². The van der Waals surface area contributed by atoms with Gasteiger partial charge in [0.05, 0.1) is 4.90 Å². The number of carbonyl (C=O) groups is 1. The number of unbranched alkanes of at least 4 members (excludes halogenated alkanes) is 4. The van der Waals surface area contributed by atoms with E-state index in [0.717, 1.165) is 25.7 Å². The SMILES string of the molecule is C=CC(CCCCCCC)OC(=O)N(C)S(=O)(=O)c1ccccc1-c1cccc(Cl)c1. The summed E-state index contributed by atoms with van der Waals surface area (Å²) < 4.78 is 32.5. The highest BCUT2D eigenvalue weighted by molar-refractivity contribution is 7.89. The largest absolute Gasteiger partial charge is 0.441 e. The lowest BCUT2D eigenvalue weighted by molar-refractivity contribution is 0.100. The molecule has 0 aromatic heterocycles. The molecule has 0 saturated heterocycles. The zero-order valence-electron chi connectivity index (χ0n) is 18.1. The average molecular weight is 464 g/mol. The number of halogens is 1. The fourth-order valence-electron chi connectivity index (χ4n) is 3.21. The van der Waals surface area contributed by atoms with Crippen LogP contribution in [0.25, 0.3) is 11.1 Å². The first-order chi connectivity index (χ1) is 14.8. The van der Waals surface area contributed by atoms with Crippen molar-refractivity contribution in [3.05, 3.63) is 66.2 Å². The number of ether oxygens (including phenoxy) is 1. The Morgan fingerprint density at radius 3 is 2.52 bits per heavy atom. The highest BCUT2D eigenvalue weighted by Crippen LogP contribution is 2.30. The highest BCUT2D eigenvalue weighted by Gasteiger charge is 2.30. The van der Waals surface area contributed by atoms with Gasteiger partial charge in [0.1, 0.15) is 6.10 Å². The normalized spacial score (nSPS) is 12.2. The molecule has 7 heteroatoms. The second kappa shape index (κ2) is 11.9. The van der Waals surface area contributed by atoms with Crippen LogP contribution in [0, 0.1) is 0 Å². The summed E-state index contributed by atoms with van der Waals surface area (Å²) in [4.78, 5) is 12.6. The second-order valence-corrected chi connectivity index (χ2v) is 9.71. The number of hydrogen-bond acceptors (Lipinski definition) is 4. The predicted octanol–water partition coefficient (Wildman–Crippen LogP) is 6.68. The lowest BCUT2D eigenvalue weighted by Crippen LogP contribution is -2.36. The third-order valence-corrected chi connectivity index (χ3v) is 7.04. The van der Waals surface area contributed by atoms with Crippen LogP contribution in [-0.2, 0) is 14.8 Å². The summed E-state index contributed by atoms with van der Waals surface area (Å²) in [5.41, 5.74) is 1.10. The van der Waals surface area contributed by atoms with Gasteiger partial charge in [0.15, 0.2) is 0 Å². The number of amides is 1. The van der Waals surface area contributed by atoms with Crippen LogP contribution >= 0.6 is 11.6 Å². The average Bonchev–Trinajstić information content (AvgIpc) is 2.77. The molecule has 0 heterocycles. The van der Waals surface area contributed by atoms with Crippen LogP contribution in [0.1, 0.15) is 45.4 Å². The van der Waals surface area contributed by atoms with E-state index in [1.165, 1.54) is 25.6 Å². The third-order valence-electron chi connectivity index (χ3n) is 5.03. The van der Waals surface area contributed by atoms with E-state index in [4.69, 9.17) is 16.3 Å². The van der Waals surface area contributed by atoms with Crippen molar-refractivity contribution in [1.29, 1.82) is 0 Å². The van der Waals surface area contributed by atoms with Crippen molar-refractivity contribution in [1.82, 2.24) is 4.31 Å². The fourth-order valence-corrected chi connectivity index (χ4v) is 4.65. The highest BCUT2D eigenvalue weighted by atomic mass is 35.5. The van der Waals surface area contributed by atoms with Crippen molar-refractivity contribution in [2.24, 2.45) is 0 Å². The summed E-state index contributed by atoms with van der Waals surface area (Å²) in [6.07, 6.45) is 6.07. The summed E-state index contributed by atoms with van der Waals surface area (Å²) in [6.45, 7) is 5.86. The summed E-state index contributed by atoms with van der Waals surface area (Å²) in [7, 11) is -2.93. The van der Waals surface area contributed by atoms with Gasteiger partial charge in [-0.15, -0.1) is 0 Å². The molecule has 1 atom stereocenters. The minimum absolute atomic E-state index is 0.00596. The molecule has 2 aromatic rings. The van der Waals surface area contributed by atoms with Gasteiger partial charge in [0.25, 0.3) is 10.0 Å². The number of rotatable bonds is 11. The smallest absolute Gasteiger partial charge is 0.424 e. The van der Waals surface area contributed by atoms with Gasteiger partial charge in [-0.1, -0.05) is 87.2 Å². The van der Waals surface area contributed by atoms with E-state index in [9.17, 15) is 13.2 Å². The van der Waals surface area contributed by atoms with Gasteiger partial charge in [-0.3, -0.25) is 0 Å². The van der Waals surface area contributed by atoms with E-state index in [1.54, 1.807) is 42.5 Å². The van der Waals surface area contributed by atoms with E-state index in [-0.39, 0.29) is 4.90 Å². The lowest BCUT2D eigenvalue weighted by Gasteiger charge is -2.22. The first kappa shape index (κ1) is 25.0. The second-order valence-electron chi connectivity index (χ2n) is 7.34. The minimum Gasteiger partial charge on any atom is -0.441 e. The van der Waals surface area contributed by atoms with E-state index in [2.05, 4.69) is 13.5 Å². The Bertz CT molecular complexity index is 991. The number of benzene rings is 2. The summed E-state index contributed by atoms with van der Waals surface area (Å²) in [5.74, 6) is 0. The van der Waals surface area contributed by atoms with Crippen molar-refractivity contribution < 1.29 is 17.9 Å². The fraction of sp³-hybridized carbons (Fsp3) is 0.375. The van der Waals surface area contributed by atoms with E-state index in [1.807, 2.05) is 0 Å². The summed E-state index contributed by atoms with van der Waals surface area (Å²) >= 11 is 6.07. The quantitative estimate of drug-likeness (QED) is 0.275. The van der Waals surface area contributed by atoms with Crippen molar-refractivity contribution in [3.8, 4) is 11.1 Å². The molecule has 2 aromatic carbocycles. The number of carbonyl (C=O) groups excluding carboxylic acids is 1. The van der Waals surface area contributed by atoms with Crippen LogP contribution in [0.4, 0.5) is 4.79 Å². The van der Waals surface area contributed by atoms with Gasteiger partial charge in [0, 0.05) is 17.6 Å². The first-order valence-corrected chi connectivity index (χ1v) is 12.3. The number of sulfonamides is 1. The minimum atomic E-state index is -4.13. The Hall–Kier alpha value is -2.31. The number of hydrogen-bond donors (Lipinski definition) is 0. The maximum Gasteiger partial charge on any atom is 0.424 e. The molecule has 5 nitrogen and oxygen atoms in total. The molecule has 0 radical (unpaired) electrons. The molecule has 0 aliphatic rings.